The number of nitrogens with one attached hydrogen (secondary N) is 1. The molecule has 1 aromatic carbocycles. The van der Waals surface area contributed by atoms with Gasteiger partial charge >= 0.3 is 0 Å². The van der Waals surface area contributed by atoms with E-state index in [0.29, 0.717) is 22.8 Å². The topological polar surface area (TPSA) is 89.3 Å². The number of nitrogens with two attached hydrogens (primary N) is 1. The Morgan fingerprint density at radius 1 is 1.47 bits per heavy atom. The van der Waals surface area contributed by atoms with Crippen LogP contribution in [0.15, 0.2) is 18.2 Å². The second kappa shape index (κ2) is 6.25. The first-order chi connectivity index (χ1) is 8.76. The van der Waals surface area contributed by atoms with Crippen molar-refractivity contribution in [2.45, 2.75) is 25.5 Å². The highest BCUT2D eigenvalue weighted by Gasteiger charge is 2.23. The molecule has 0 spiro atoms. The van der Waals surface area contributed by atoms with Crippen LogP contribution < -0.4 is 11.1 Å². The fourth-order valence-corrected chi connectivity index (χ4v) is 2.80. The molecule has 0 heterocycles. The van der Waals surface area contributed by atoms with Crippen molar-refractivity contribution in [2.24, 2.45) is 0 Å². The van der Waals surface area contributed by atoms with Crippen molar-refractivity contribution in [3.8, 4) is 0 Å². The molecule has 0 aliphatic rings. The molecule has 0 saturated carbocycles. The first-order valence-electron chi connectivity index (χ1n) is 5.82. The Balaban J connectivity index is 2.79. The molecule has 0 bridgehead atoms. The summed E-state index contributed by atoms with van der Waals surface area (Å²) in [6.07, 6.45) is 0.467. The lowest BCUT2D eigenvalue weighted by Crippen LogP contribution is -2.29. The average molecular weight is 305 g/mol. The maximum Gasteiger partial charge on any atom is 0.239 e. The van der Waals surface area contributed by atoms with Gasteiger partial charge in [-0.05, 0) is 31.5 Å². The number of rotatable bonds is 5. The second-order valence-corrected chi connectivity index (χ2v) is 7.16. The van der Waals surface area contributed by atoms with Crippen molar-refractivity contribution < 1.29 is 13.2 Å². The van der Waals surface area contributed by atoms with Crippen molar-refractivity contribution in [3.05, 3.63) is 23.2 Å². The molecule has 1 aromatic rings. The van der Waals surface area contributed by atoms with E-state index >= 15 is 0 Å². The normalized spacial score (nSPS) is 13.0. The van der Waals surface area contributed by atoms with Crippen LogP contribution in [0.1, 0.15) is 20.3 Å². The van der Waals surface area contributed by atoms with Gasteiger partial charge in [0.1, 0.15) is 5.75 Å². The third-order valence-corrected chi connectivity index (χ3v) is 5.27. The van der Waals surface area contributed by atoms with Crippen molar-refractivity contribution >= 4 is 38.7 Å². The van der Waals surface area contributed by atoms with Gasteiger partial charge in [-0.25, -0.2) is 8.42 Å². The van der Waals surface area contributed by atoms with Gasteiger partial charge in [0.05, 0.1) is 16.6 Å². The first-order valence-corrected chi connectivity index (χ1v) is 7.92. The summed E-state index contributed by atoms with van der Waals surface area (Å²) in [6.45, 7) is 3.34. The maximum absolute atomic E-state index is 11.8. The molecule has 1 unspecified atom stereocenters. The smallest absolute Gasteiger partial charge is 0.239 e. The first kappa shape index (κ1) is 15.8. The Morgan fingerprint density at radius 3 is 2.68 bits per heavy atom. The lowest BCUT2D eigenvalue weighted by Gasteiger charge is -2.12. The van der Waals surface area contributed by atoms with Crippen LogP contribution in [0, 0.1) is 0 Å². The van der Waals surface area contributed by atoms with Crippen LogP contribution in [0.3, 0.4) is 0 Å². The Bertz CT molecular complexity index is 572. The van der Waals surface area contributed by atoms with Crippen LogP contribution in [0.4, 0.5) is 11.4 Å². The molecule has 7 heteroatoms. The van der Waals surface area contributed by atoms with Gasteiger partial charge in [0.25, 0.3) is 0 Å². The van der Waals surface area contributed by atoms with Crippen LogP contribution in [0.2, 0.25) is 5.02 Å². The number of hydrogen-bond acceptors (Lipinski definition) is 4. The average Bonchev–Trinajstić information content (AvgIpc) is 2.32. The molecule has 5 nitrogen and oxygen atoms in total. The summed E-state index contributed by atoms with van der Waals surface area (Å²) in [5, 5.41) is 2.32. The Hall–Kier alpha value is -1.27. The summed E-state index contributed by atoms with van der Waals surface area (Å²) < 4.78 is 23.6. The van der Waals surface area contributed by atoms with Gasteiger partial charge < -0.3 is 11.1 Å². The number of carbonyl (C=O) groups excluding carboxylic acids is 1. The van der Waals surface area contributed by atoms with E-state index in [1.807, 2.05) is 0 Å². The van der Waals surface area contributed by atoms with Crippen molar-refractivity contribution in [3.63, 3.8) is 0 Å². The Labute approximate surface area is 118 Å². The van der Waals surface area contributed by atoms with E-state index in [0.717, 1.165) is 0 Å². The zero-order chi connectivity index (χ0) is 14.6. The predicted octanol–water partition coefficient (Wildman–Crippen LogP) is 2.07. The number of benzene rings is 1. The maximum atomic E-state index is 11.8. The van der Waals surface area contributed by atoms with E-state index in [9.17, 15) is 13.2 Å². The molecule has 0 saturated heterocycles. The highest BCUT2D eigenvalue weighted by atomic mass is 35.5. The van der Waals surface area contributed by atoms with E-state index in [1.54, 1.807) is 26.0 Å². The van der Waals surface area contributed by atoms with Gasteiger partial charge in [-0.1, -0.05) is 18.5 Å². The van der Waals surface area contributed by atoms with Crippen LogP contribution in [0.5, 0.6) is 0 Å². The highest BCUT2D eigenvalue weighted by Crippen LogP contribution is 2.23. The molecule has 0 aromatic heterocycles. The monoisotopic (exact) mass is 304 g/mol. The summed E-state index contributed by atoms with van der Waals surface area (Å²) in [4.78, 5) is 11.7. The zero-order valence-electron chi connectivity index (χ0n) is 10.8. The molecule has 19 heavy (non-hydrogen) atoms. The predicted molar refractivity (Wildman–Crippen MR) is 78.0 cm³/mol. The van der Waals surface area contributed by atoms with Crippen LogP contribution >= 0.6 is 11.6 Å². The number of anilines is 2. The van der Waals surface area contributed by atoms with Gasteiger partial charge in [-0.15, -0.1) is 0 Å². The molecule has 1 rings (SSSR count). The number of halogens is 1. The largest absolute Gasteiger partial charge is 0.397 e. The highest BCUT2D eigenvalue weighted by molar-refractivity contribution is 7.92. The van der Waals surface area contributed by atoms with Gasteiger partial charge in [-0.2, -0.15) is 0 Å². The standard InChI is InChI=1S/C12H17ClN2O3S/c1-3-8(2)19(17,18)7-12(16)15-11-6-9(13)4-5-10(11)14/h4-6,8H,3,7,14H2,1-2H3,(H,15,16). The minimum Gasteiger partial charge on any atom is -0.397 e. The van der Waals surface area contributed by atoms with E-state index in [1.165, 1.54) is 6.07 Å². The third kappa shape index (κ3) is 4.40. The number of carbonyl (C=O) groups is 1. The Kier molecular flexibility index (Phi) is 5.20. The molecule has 1 amide bonds. The molecule has 0 aliphatic heterocycles. The third-order valence-electron chi connectivity index (χ3n) is 2.81. The van der Waals surface area contributed by atoms with E-state index in [4.69, 9.17) is 17.3 Å². The number of nitrogen functional groups attached to an aromatic ring is 1. The summed E-state index contributed by atoms with van der Waals surface area (Å²) in [5.74, 6) is -1.18. The fraction of sp³-hybridized carbons (Fsp3) is 0.417. The number of sulfone groups is 1. The molecule has 3 N–H and O–H groups in total. The SMILES string of the molecule is CCC(C)S(=O)(=O)CC(=O)Nc1cc(Cl)ccc1N. The molecule has 106 valence electrons. The minimum absolute atomic E-state index is 0.317. The van der Waals surface area contributed by atoms with Crippen molar-refractivity contribution in [2.75, 3.05) is 16.8 Å². The van der Waals surface area contributed by atoms with Gasteiger partial charge in [0.15, 0.2) is 9.84 Å². The molecule has 0 radical (unpaired) electrons. The minimum atomic E-state index is -3.44. The van der Waals surface area contributed by atoms with Crippen LogP contribution in [0.25, 0.3) is 0 Å². The van der Waals surface area contributed by atoms with Crippen LogP contribution in [-0.4, -0.2) is 25.3 Å². The second-order valence-electron chi connectivity index (χ2n) is 4.31. The lowest BCUT2D eigenvalue weighted by molar-refractivity contribution is -0.113. The van der Waals surface area contributed by atoms with E-state index in [-0.39, 0.29) is 0 Å². The fourth-order valence-electron chi connectivity index (χ4n) is 1.40. The summed E-state index contributed by atoms with van der Waals surface area (Å²) >= 11 is 5.78. The quantitative estimate of drug-likeness (QED) is 0.815. The molecular weight excluding hydrogens is 288 g/mol. The van der Waals surface area contributed by atoms with Crippen LogP contribution in [-0.2, 0) is 14.6 Å². The molecule has 1 atom stereocenters. The summed E-state index contributed by atoms with van der Waals surface area (Å²) in [6, 6.07) is 4.61. The lowest BCUT2D eigenvalue weighted by atomic mass is 10.2. The van der Waals surface area contributed by atoms with E-state index < -0.39 is 26.7 Å². The molecule has 0 aliphatic carbocycles. The zero-order valence-corrected chi connectivity index (χ0v) is 12.4. The van der Waals surface area contributed by atoms with Gasteiger partial charge in [-0.3, -0.25) is 4.79 Å². The molecule has 0 fully saturated rings. The Morgan fingerprint density at radius 2 is 2.11 bits per heavy atom. The summed E-state index contributed by atoms with van der Waals surface area (Å²) in [5.41, 5.74) is 6.31. The van der Waals surface area contributed by atoms with Gasteiger partial charge in [0.2, 0.25) is 5.91 Å². The summed E-state index contributed by atoms with van der Waals surface area (Å²) in [7, 11) is -3.44. The molecular formula is C12H17ClN2O3S. The van der Waals surface area contributed by atoms with E-state index in [2.05, 4.69) is 5.32 Å². The number of amides is 1. The van der Waals surface area contributed by atoms with Crippen molar-refractivity contribution in [1.82, 2.24) is 0 Å². The number of hydrogen-bond donors (Lipinski definition) is 2. The van der Waals surface area contributed by atoms with Gasteiger partial charge in [0, 0.05) is 5.02 Å². The van der Waals surface area contributed by atoms with Crippen molar-refractivity contribution in [1.29, 1.82) is 0 Å².